The highest BCUT2D eigenvalue weighted by Gasteiger charge is 2.19. The van der Waals surface area contributed by atoms with Gasteiger partial charge in [0.1, 0.15) is 5.82 Å². The van der Waals surface area contributed by atoms with E-state index in [1.54, 1.807) is 0 Å². The van der Waals surface area contributed by atoms with Gasteiger partial charge in [-0.15, -0.1) is 0 Å². The van der Waals surface area contributed by atoms with Crippen LogP contribution in [0.4, 0.5) is 11.8 Å². The lowest BCUT2D eigenvalue weighted by Gasteiger charge is -2.30. The summed E-state index contributed by atoms with van der Waals surface area (Å²) in [5, 5.41) is 12.9. The Balaban J connectivity index is 1.88. The number of aliphatic hydroxyl groups excluding tert-OH is 1. The lowest BCUT2D eigenvalue weighted by atomic mass is 10.00. The van der Waals surface area contributed by atoms with Gasteiger partial charge in [-0.2, -0.15) is 4.98 Å². The third kappa shape index (κ3) is 3.79. The van der Waals surface area contributed by atoms with Crippen LogP contribution in [-0.2, 0) is 13.0 Å². The molecule has 5 nitrogen and oxygen atoms in total. The minimum absolute atomic E-state index is 0.0580. The van der Waals surface area contributed by atoms with E-state index in [-0.39, 0.29) is 6.61 Å². The van der Waals surface area contributed by atoms with Gasteiger partial charge in [0, 0.05) is 30.7 Å². The number of nitrogens with one attached hydrogen (secondary N) is 1. The molecular formula is C18H23ClN4O. The molecule has 0 radical (unpaired) electrons. The molecule has 0 aliphatic carbocycles. The summed E-state index contributed by atoms with van der Waals surface area (Å²) in [6.45, 7) is 6.47. The number of benzene rings is 1. The minimum atomic E-state index is 0.0580. The molecule has 0 atom stereocenters. The quantitative estimate of drug-likeness (QED) is 0.870. The fourth-order valence-electron chi connectivity index (χ4n) is 2.87. The number of anilines is 2. The van der Waals surface area contributed by atoms with Gasteiger partial charge in [0.05, 0.1) is 12.3 Å². The lowest BCUT2D eigenvalue weighted by molar-refractivity contribution is 0.311. The topological polar surface area (TPSA) is 61.3 Å². The minimum Gasteiger partial charge on any atom is -0.395 e. The third-order valence-electron chi connectivity index (χ3n) is 4.22. The third-order valence-corrected chi connectivity index (χ3v) is 4.46. The summed E-state index contributed by atoms with van der Waals surface area (Å²) in [4.78, 5) is 11.4. The van der Waals surface area contributed by atoms with Gasteiger partial charge >= 0.3 is 0 Å². The maximum absolute atomic E-state index is 9.02. The molecule has 0 bridgehead atoms. The molecule has 2 N–H and O–H groups in total. The largest absolute Gasteiger partial charge is 0.395 e. The molecule has 0 saturated heterocycles. The van der Waals surface area contributed by atoms with Crippen LogP contribution >= 0.6 is 11.6 Å². The molecule has 0 amide bonds. The first kappa shape index (κ1) is 17.0. The Labute approximate surface area is 147 Å². The summed E-state index contributed by atoms with van der Waals surface area (Å²) in [5.74, 6) is 1.82. The maximum atomic E-state index is 9.02. The zero-order valence-corrected chi connectivity index (χ0v) is 14.8. The summed E-state index contributed by atoms with van der Waals surface area (Å²) >= 11 is 6.09. The second kappa shape index (κ2) is 7.36. The molecule has 1 aromatic heterocycles. The summed E-state index contributed by atoms with van der Waals surface area (Å²) < 4.78 is 0. The van der Waals surface area contributed by atoms with Gasteiger partial charge in [0.15, 0.2) is 0 Å². The molecule has 2 aromatic rings. The second-order valence-electron chi connectivity index (χ2n) is 6.36. The van der Waals surface area contributed by atoms with Crippen molar-refractivity contribution in [1.29, 1.82) is 0 Å². The van der Waals surface area contributed by atoms with Crippen molar-refractivity contribution in [3.8, 4) is 0 Å². The van der Waals surface area contributed by atoms with E-state index in [9.17, 15) is 0 Å². The zero-order valence-electron chi connectivity index (χ0n) is 14.1. The Morgan fingerprint density at radius 1 is 1.25 bits per heavy atom. The Morgan fingerprint density at radius 3 is 2.83 bits per heavy atom. The van der Waals surface area contributed by atoms with E-state index >= 15 is 0 Å². The summed E-state index contributed by atoms with van der Waals surface area (Å²) in [6.07, 6.45) is 0.955. The predicted octanol–water partition coefficient (Wildman–Crippen LogP) is 3.22. The summed E-state index contributed by atoms with van der Waals surface area (Å²) in [7, 11) is 0. The van der Waals surface area contributed by atoms with E-state index < -0.39 is 0 Å². The van der Waals surface area contributed by atoms with Crippen LogP contribution in [0.2, 0.25) is 5.02 Å². The molecule has 0 unspecified atom stereocenters. The van der Waals surface area contributed by atoms with Crippen molar-refractivity contribution in [2.45, 2.75) is 32.7 Å². The van der Waals surface area contributed by atoms with Crippen LogP contribution in [0.1, 0.15) is 36.6 Å². The van der Waals surface area contributed by atoms with Crippen molar-refractivity contribution in [3.05, 3.63) is 46.1 Å². The first-order chi connectivity index (χ1) is 11.6. The van der Waals surface area contributed by atoms with Crippen molar-refractivity contribution in [2.75, 3.05) is 29.9 Å². The number of nitrogens with zero attached hydrogens (tertiary/aromatic N) is 3. The fourth-order valence-corrected chi connectivity index (χ4v) is 3.07. The molecule has 0 saturated carbocycles. The van der Waals surface area contributed by atoms with E-state index in [2.05, 4.69) is 52.2 Å². The van der Waals surface area contributed by atoms with E-state index in [1.807, 2.05) is 6.07 Å². The average Bonchev–Trinajstić information content (AvgIpc) is 2.59. The Kier molecular flexibility index (Phi) is 5.21. The fraction of sp³-hybridized carbons (Fsp3) is 0.444. The normalized spacial score (nSPS) is 14.0. The maximum Gasteiger partial charge on any atom is 0.224 e. The van der Waals surface area contributed by atoms with E-state index in [0.717, 1.165) is 36.0 Å². The highest BCUT2D eigenvalue weighted by Crippen LogP contribution is 2.27. The Bertz CT molecular complexity index is 720. The van der Waals surface area contributed by atoms with Crippen LogP contribution in [0.5, 0.6) is 0 Å². The number of fused-ring (bicyclic) bond motifs is 1. The van der Waals surface area contributed by atoms with Crippen molar-refractivity contribution in [1.82, 2.24) is 9.97 Å². The van der Waals surface area contributed by atoms with Gasteiger partial charge in [-0.1, -0.05) is 31.5 Å². The van der Waals surface area contributed by atoms with E-state index in [0.29, 0.717) is 18.4 Å². The van der Waals surface area contributed by atoms with Gasteiger partial charge in [0.25, 0.3) is 0 Å². The molecular weight excluding hydrogens is 324 g/mol. The van der Waals surface area contributed by atoms with E-state index in [4.69, 9.17) is 16.7 Å². The number of hydrogen-bond donors (Lipinski definition) is 2. The number of aromatic nitrogens is 2. The van der Waals surface area contributed by atoms with Crippen molar-refractivity contribution >= 4 is 23.4 Å². The Morgan fingerprint density at radius 2 is 2.08 bits per heavy atom. The van der Waals surface area contributed by atoms with Crippen LogP contribution in [0.3, 0.4) is 0 Å². The van der Waals surface area contributed by atoms with Crippen LogP contribution < -0.4 is 10.2 Å². The van der Waals surface area contributed by atoms with Gasteiger partial charge in [-0.25, -0.2) is 4.98 Å². The molecule has 2 heterocycles. The molecule has 0 spiro atoms. The Hall–Kier alpha value is -1.85. The molecule has 1 aliphatic rings. The standard InChI is InChI=1S/C18H23ClN4O/c1-12(2)16-10-17(22-18(21-16)20-6-8-24)23-7-5-13-9-15(19)4-3-14(13)11-23/h3-4,9-10,12,24H,5-8,11H2,1-2H3,(H,20,21,22). The first-order valence-electron chi connectivity index (χ1n) is 8.33. The van der Waals surface area contributed by atoms with Crippen molar-refractivity contribution in [2.24, 2.45) is 0 Å². The molecule has 0 fully saturated rings. The van der Waals surface area contributed by atoms with Gasteiger partial charge in [0.2, 0.25) is 5.95 Å². The summed E-state index contributed by atoms with van der Waals surface area (Å²) in [5.41, 5.74) is 3.61. The number of aliphatic hydroxyl groups is 1. The van der Waals surface area contributed by atoms with Crippen molar-refractivity contribution < 1.29 is 5.11 Å². The molecule has 128 valence electrons. The summed E-state index contributed by atoms with van der Waals surface area (Å²) in [6, 6.07) is 8.16. The highest BCUT2D eigenvalue weighted by molar-refractivity contribution is 6.30. The van der Waals surface area contributed by atoms with Crippen LogP contribution in [-0.4, -0.2) is 34.8 Å². The van der Waals surface area contributed by atoms with Gasteiger partial charge in [-0.3, -0.25) is 0 Å². The molecule has 6 heteroatoms. The highest BCUT2D eigenvalue weighted by atomic mass is 35.5. The smallest absolute Gasteiger partial charge is 0.224 e. The molecule has 1 aromatic carbocycles. The second-order valence-corrected chi connectivity index (χ2v) is 6.80. The van der Waals surface area contributed by atoms with Crippen molar-refractivity contribution in [3.63, 3.8) is 0 Å². The van der Waals surface area contributed by atoms with E-state index in [1.165, 1.54) is 11.1 Å². The number of rotatable bonds is 5. The molecule has 1 aliphatic heterocycles. The number of hydrogen-bond acceptors (Lipinski definition) is 5. The predicted molar refractivity (Wildman–Crippen MR) is 97.9 cm³/mol. The lowest BCUT2D eigenvalue weighted by Crippen LogP contribution is -2.31. The van der Waals surface area contributed by atoms with Gasteiger partial charge < -0.3 is 15.3 Å². The first-order valence-corrected chi connectivity index (χ1v) is 8.70. The molecule has 3 rings (SSSR count). The van der Waals surface area contributed by atoms with Crippen LogP contribution in [0, 0.1) is 0 Å². The average molecular weight is 347 g/mol. The van der Waals surface area contributed by atoms with Crippen LogP contribution in [0.15, 0.2) is 24.3 Å². The number of halogens is 1. The monoisotopic (exact) mass is 346 g/mol. The zero-order chi connectivity index (χ0) is 17.1. The SMILES string of the molecule is CC(C)c1cc(N2CCc3cc(Cl)ccc3C2)nc(NCCO)n1. The van der Waals surface area contributed by atoms with Crippen LogP contribution in [0.25, 0.3) is 0 Å². The molecule has 24 heavy (non-hydrogen) atoms. The van der Waals surface area contributed by atoms with Gasteiger partial charge in [-0.05, 0) is 35.6 Å².